The summed E-state index contributed by atoms with van der Waals surface area (Å²) in [5.41, 5.74) is 1.56. The highest BCUT2D eigenvalue weighted by molar-refractivity contribution is 14.1. The van der Waals surface area contributed by atoms with Crippen molar-refractivity contribution in [1.29, 1.82) is 0 Å². The van der Waals surface area contributed by atoms with Crippen molar-refractivity contribution in [2.45, 2.75) is 77.8 Å². The lowest BCUT2D eigenvalue weighted by Crippen LogP contribution is -2.22. The van der Waals surface area contributed by atoms with Gasteiger partial charge in [-0.2, -0.15) is 0 Å². The molecule has 0 saturated carbocycles. The first-order chi connectivity index (χ1) is 10.8. The molecule has 1 atom stereocenters. The van der Waals surface area contributed by atoms with Gasteiger partial charge in [-0.05, 0) is 73.1 Å². The number of hydrogen-bond donors (Lipinski definition) is 0. The predicted molar refractivity (Wildman–Crippen MR) is 120 cm³/mol. The van der Waals surface area contributed by atoms with Crippen molar-refractivity contribution in [1.82, 2.24) is 0 Å². The minimum Gasteiger partial charge on any atom is -0.353 e. The molecule has 0 aromatic rings. The number of hydrogen-bond acceptors (Lipinski definition) is 2. The summed E-state index contributed by atoms with van der Waals surface area (Å²) in [6, 6.07) is 0. The maximum Gasteiger partial charge on any atom is 0.157 e. The summed E-state index contributed by atoms with van der Waals surface area (Å²) in [5, 5.41) is 0. The summed E-state index contributed by atoms with van der Waals surface area (Å²) in [5.74, 6) is 0. The van der Waals surface area contributed by atoms with Gasteiger partial charge in [0.05, 0.1) is 14.7 Å². The standard InChI is InChI=1S/C18H32I2O2Si/c1-5-6-9-15(18(20)23(2,3)4)14-16(19)11-13-22-17-10-7-8-12-21-17/h14,17H,5-13H2,1-4H3/b16-14-,18-15+. The van der Waals surface area contributed by atoms with E-state index in [1.807, 2.05) is 0 Å². The normalized spacial score (nSPS) is 21.3. The first kappa shape index (κ1) is 22.1. The number of allylic oxidation sites excluding steroid dienone is 2. The Kier molecular flexibility index (Phi) is 11.2. The van der Waals surface area contributed by atoms with E-state index in [4.69, 9.17) is 9.47 Å². The summed E-state index contributed by atoms with van der Waals surface area (Å²) >= 11 is 5.08. The molecule has 0 aromatic carbocycles. The second-order valence-electron chi connectivity index (χ2n) is 7.20. The van der Waals surface area contributed by atoms with Crippen molar-refractivity contribution in [2.75, 3.05) is 13.2 Å². The van der Waals surface area contributed by atoms with Crippen LogP contribution in [0.25, 0.3) is 0 Å². The van der Waals surface area contributed by atoms with Crippen molar-refractivity contribution >= 4 is 53.3 Å². The molecular weight excluding hydrogens is 530 g/mol. The molecule has 0 amide bonds. The van der Waals surface area contributed by atoms with Gasteiger partial charge in [-0.25, -0.2) is 0 Å². The summed E-state index contributed by atoms with van der Waals surface area (Å²) in [7, 11) is -1.23. The van der Waals surface area contributed by atoms with E-state index in [0.717, 1.165) is 26.1 Å². The molecule has 134 valence electrons. The van der Waals surface area contributed by atoms with E-state index in [-0.39, 0.29) is 6.29 Å². The fraction of sp³-hybridized carbons (Fsp3) is 0.778. The van der Waals surface area contributed by atoms with E-state index in [2.05, 4.69) is 77.8 Å². The first-order valence-electron chi connectivity index (χ1n) is 8.83. The van der Waals surface area contributed by atoms with Crippen molar-refractivity contribution < 1.29 is 9.47 Å². The molecule has 0 bridgehead atoms. The Morgan fingerprint density at radius 1 is 1.22 bits per heavy atom. The minimum atomic E-state index is -1.23. The van der Waals surface area contributed by atoms with Gasteiger partial charge in [-0.3, -0.25) is 0 Å². The number of rotatable bonds is 9. The van der Waals surface area contributed by atoms with Crippen LogP contribution in [0, 0.1) is 0 Å². The number of halogens is 2. The van der Waals surface area contributed by atoms with Gasteiger partial charge < -0.3 is 9.47 Å². The maximum absolute atomic E-state index is 5.87. The molecule has 0 spiro atoms. The molecule has 1 aliphatic heterocycles. The second kappa shape index (κ2) is 11.6. The quantitative estimate of drug-likeness (QED) is 0.171. The van der Waals surface area contributed by atoms with Crippen LogP contribution < -0.4 is 0 Å². The maximum atomic E-state index is 5.87. The van der Waals surface area contributed by atoms with Crippen LogP contribution >= 0.6 is 45.2 Å². The van der Waals surface area contributed by atoms with E-state index in [1.54, 1.807) is 8.78 Å². The SMILES string of the molecule is CCCCC(/C=C(\I)CCOC1CCCCO1)=C(/I)[Si](C)(C)C. The molecular formula is C18H32I2O2Si. The number of ether oxygens (including phenoxy) is 2. The van der Waals surface area contributed by atoms with Crippen LogP contribution in [0.3, 0.4) is 0 Å². The second-order valence-corrected chi connectivity index (χ2v) is 15.7. The third kappa shape index (κ3) is 9.37. The van der Waals surface area contributed by atoms with Gasteiger partial charge in [-0.15, -0.1) is 0 Å². The van der Waals surface area contributed by atoms with E-state index in [9.17, 15) is 0 Å². The number of unbranched alkanes of at least 4 members (excludes halogenated alkanes) is 1. The van der Waals surface area contributed by atoms with Gasteiger partial charge in [0.15, 0.2) is 6.29 Å². The van der Waals surface area contributed by atoms with Crippen LogP contribution in [0.2, 0.25) is 19.6 Å². The Morgan fingerprint density at radius 3 is 2.52 bits per heavy atom. The van der Waals surface area contributed by atoms with Gasteiger partial charge in [-0.1, -0.05) is 55.6 Å². The zero-order valence-corrected chi connectivity index (χ0v) is 20.4. The summed E-state index contributed by atoms with van der Waals surface area (Å²) in [6.45, 7) is 11.2. The molecule has 1 fully saturated rings. The molecule has 1 unspecified atom stereocenters. The average Bonchev–Trinajstić information content (AvgIpc) is 2.51. The van der Waals surface area contributed by atoms with E-state index in [1.165, 1.54) is 35.7 Å². The molecule has 0 radical (unpaired) electrons. The van der Waals surface area contributed by atoms with Crippen molar-refractivity contribution in [2.24, 2.45) is 0 Å². The average molecular weight is 562 g/mol. The molecule has 1 saturated heterocycles. The Morgan fingerprint density at radius 2 is 1.96 bits per heavy atom. The van der Waals surface area contributed by atoms with Crippen molar-refractivity contribution in [3.8, 4) is 0 Å². The van der Waals surface area contributed by atoms with Crippen LogP contribution in [-0.4, -0.2) is 27.6 Å². The van der Waals surface area contributed by atoms with Crippen molar-refractivity contribution in [3.05, 3.63) is 18.4 Å². The smallest absolute Gasteiger partial charge is 0.157 e. The fourth-order valence-electron chi connectivity index (χ4n) is 2.49. The minimum absolute atomic E-state index is 0.0326. The van der Waals surface area contributed by atoms with E-state index >= 15 is 0 Å². The Bertz CT molecular complexity index is 408. The molecule has 2 nitrogen and oxygen atoms in total. The van der Waals surface area contributed by atoms with E-state index < -0.39 is 8.07 Å². The summed E-state index contributed by atoms with van der Waals surface area (Å²) in [6.07, 6.45) is 10.6. The lowest BCUT2D eigenvalue weighted by Gasteiger charge is -2.22. The Labute approximate surface area is 171 Å². The molecule has 0 aromatic heterocycles. The molecule has 1 heterocycles. The van der Waals surface area contributed by atoms with E-state index in [0.29, 0.717) is 0 Å². The predicted octanol–water partition coefficient (Wildman–Crippen LogP) is 7.00. The van der Waals surface area contributed by atoms with Gasteiger partial charge in [0.1, 0.15) is 0 Å². The highest BCUT2D eigenvalue weighted by Crippen LogP contribution is 2.30. The van der Waals surface area contributed by atoms with Crippen LogP contribution in [0.5, 0.6) is 0 Å². The third-order valence-electron chi connectivity index (χ3n) is 3.85. The lowest BCUT2D eigenvalue weighted by molar-refractivity contribution is -0.161. The molecule has 1 rings (SSSR count). The topological polar surface area (TPSA) is 18.5 Å². The third-order valence-corrected chi connectivity index (χ3v) is 11.9. The van der Waals surface area contributed by atoms with Crippen LogP contribution in [0.1, 0.15) is 51.9 Å². The zero-order chi connectivity index (χ0) is 17.3. The monoisotopic (exact) mass is 562 g/mol. The Balaban J connectivity index is 2.58. The van der Waals surface area contributed by atoms with Crippen molar-refractivity contribution in [3.63, 3.8) is 0 Å². The van der Waals surface area contributed by atoms with Gasteiger partial charge in [0, 0.05) is 13.0 Å². The van der Waals surface area contributed by atoms with Gasteiger partial charge in [0.25, 0.3) is 0 Å². The molecule has 0 N–H and O–H groups in total. The van der Waals surface area contributed by atoms with Gasteiger partial charge in [0.2, 0.25) is 0 Å². The fourth-order valence-corrected chi connectivity index (χ4v) is 4.67. The largest absolute Gasteiger partial charge is 0.353 e. The first-order valence-corrected chi connectivity index (χ1v) is 14.5. The van der Waals surface area contributed by atoms with Crippen LogP contribution in [0.4, 0.5) is 0 Å². The Hall–Kier alpha value is 1.08. The highest BCUT2D eigenvalue weighted by atomic mass is 127. The zero-order valence-electron chi connectivity index (χ0n) is 15.1. The van der Waals surface area contributed by atoms with Crippen LogP contribution in [0.15, 0.2) is 18.4 Å². The summed E-state index contributed by atoms with van der Waals surface area (Å²) < 4.78 is 14.5. The molecule has 5 heteroatoms. The molecule has 1 aliphatic rings. The van der Waals surface area contributed by atoms with Gasteiger partial charge >= 0.3 is 0 Å². The molecule has 0 aliphatic carbocycles. The molecule has 23 heavy (non-hydrogen) atoms. The highest BCUT2D eigenvalue weighted by Gasteiger charge is 2.20. The lowest BCUT2D eigenvalue weighted by atomic mass is 10.1. The summed E-state index contributed by atoms with van der Waals surface area (Å²) in [4.78, 5) is 0. The van der Waals surface area contributed by atoms with Crippen LogP contribution in [-0.2, 0) is 9.47 Å².